The van der Waals surface area contributed by atoms with E-state index in [1.807, 2.05) is 0 Å². The highest BCUT2D eigenvalue weighted by Crippen LogP contribution is 2.44. The molecule has 2 atom stereocenters. The molecule has 0 fully saturated rings. The first-order valence-electron chi connectivity index (χ1n) is 20.7. The lowest BCUT2D eigenvalue weighted by Gasteiger charge is -2.31. The molecular formula is C48H70N4O3. The minimum absolute atomic E-state index is 0.437. The SMILES string of the molecule is CCCCN(CCCC)c1ccc(C(OC(c2ccc(N(C)C)cc2)c2ccc(N(CCCC)CCCC)cc2OC)c2ccc(N(C)C)cc2)c(OC)c1. The maximum Gasteiger partial charge on any atom is 0.127 e. The van der Waals surface area contributed by atoms with Crippen molar-refractivity contribution in [3.8, 4) is 11.5 Å². The number of benzene rings is 4. The van der Waals surface area contributed by atoms with Crippen molar-refractivity contribution >= 4 is 22.7 Å². The molecule has 0 heterocycles. The first-order chi connectivity index (χ1) is 26.7. The molecule has 4 rings (SSSR count). The van der Waals surface area contributed by atoms with Crippen molar-refractivity contribution in [2.45, 2.75) is 91.3 Å². The molecule has 0 aliphatic carbocycles. The lowest BCUT2D eigenvalue weighted by Crippen LogP contribution is -2.26. The molecule has 0 aliphatic rings. The van der Waals surface area contributed by atoms with E-state index in [0.29, 0.717) is 0 Å². The van der Waals surface area contributed by atoms with Gasteiger partial charge >= 0.3 is 0 Å². The van der Waals surface area contributed by atoms with Crippen molar-refractivity contribution in [3.05, 3.63) is 107 Å². The fourth-order valence-corrected chi connectivity index (χ4v) is 7.06. The zero-order valence-electron chi connectivity index (χ0n) is 35.7. The predicted octanol–water partition coefficient (Wildman–Crippen LogP) is 11.5. The van der Waals surface area contributed by atoms with Gasteiger partial charge < -0.3 is 33.8 Å². The van der Waals surface area contributed by atoms with Crippen LogP contribution in [0.1, 0.15) is 114 Å². The molecule has 0 radical (unpaired) electrons. The lowest BCUT2D eigenvalue weighted by molar-refractivity contribution is 0.0283. The predicted molar refractivity (Wildman–Crippen MR) is 236 cm³/mol. The number of hydrogen-bond acceptors (Lipinski definition) is 7. The molecular weight excluding hydrogens is 681 g/mol. The van der Waals surface area contributed by atoms with Crippen LogP contribution < -0.4 is 29.1 Å². The fraction of sp³-hybridized carbons (Fsp3) is 0.500. The summed E-state index contributed by atoms with van der Waals surface area (Å²) in [5.74, 6) is 1.65. The Labute approximate surface area is 334 Å². The first kappa shape index (κ1) is 43.4. The molecule has 0 N–H and O–H groups in total. The normalized spacial score (nSPS) is 12.3. The van der Waals surface area contributed by atoms with Gasteiger partial charge in [0.05, 0.1) is 14.2 Å². The Morgan fingerprint density at radius 2 is 0.745 bits per heavy atom. The van der Waals surface area contributed by atoms with E-state index < -0.39 is 12.2 Å². The summed E-state index contributed by atoms with van der Waals surface area (Å²) in [4.78, 5) is 9.27. The molecule has 7 nitrogen and oxygen atoms in total. The summed E-state index contributed by atoms with van der Waals surface area (Å²) in [5, 5.41) is 0. The van der Waals surface area contributed by atoms with E-state index in [4.69, 9.17) is 14.2 Å². The van der Waals surface area contributed by atoms with Crippen molar-refractivity contribution in [1.29, 1.82) is 0 Å². The van der Waals surface area contributed by atoms with Gasteiger partial charge in [0.2, 0.25) is 0 Å². The highest BCUT2D eigenvalue weighted by molar-refractivity contribution is 5.58. The number of methoxy groups -OCH3 is 2. The second kappa shape index (κ2) is 22.3. The highest BCUT2D eigenvalue weighted by Gasteiger charge is 2.29. The summed E-state index contributed by atoms with van der Waals surface area (Å²) in [6.45, 7) is 13.1. The van der Waals surface area contributed by atoms with Crippen molar-refractivity contribution in [1.82, 2.24) is 0 Å². The second-order valence-corrected chi connectivity index (χ2v) is 15.1. The van der Waals surface area contributed by atoms with Gasteiger partial charge in [0.25, 0.3) is 0 Å². The molecule has 2 unspecified atom stereocenters. The Hall–Kier alpha value is -4.36. The van der Waals surface area contributed by atoms with Crippen LogP contribution in [0.2, 0.25) is 0 Å². The maximum absolute atomic E-state index is 7.53. The van der Waals surface area contributed by atoms with Crippen LogP contribution in [0.25, 0.3) is 0 Å². The van der Waals surface area contributed by atoms with E-state index in [1.54, 1.807) is 14.2 Å². The molecule has 7 heteroatoms. The van der Waals surface area contributed by atoms with Crippen LogP contribution in [-0.2, 0) is 4.74 Å². The van der Waals surface area contributed by atoms with Crippen LogP contribution in [0.15, 0.2) is 84.9 Å². The van der Waals surface area contributed by atoms with Crippen LogP contribution in [0, 0.1) is 0 Å². The fourth-order valence-electron chi connectivity index (χ4n) is 7.06. The van der Waals surface area contributed by atoms with Gasteiger partial charge in [-0.15, -0.1) is 0 Å². The van der Waals surface area contributed by atoms with E-state index in [0.717, 1.165) is 123 Å². The van der Waals surface area contributed by atoms with Crippen LogP contribution >= 0.6 is 0 Å². The van der Waals surface area contributed by atoms with Crippen LogP contribution in [0.5, 0.6) is 11.5 Å². The van der Waals surface area contributed by atoms with Crippen LogP contribution in [0.3, 0.4) is 0 Å². The quantitative estimate of drug-likeness (QED) is 0.0706. The molecule has 4 aromatic rings. The number of anilines is 4. The molecule has 0 aromatic heterocycles. The molecule has 0 amide bonds. The standard InChI is InChI=1S/C48H70N4O3/c1-11-15-31-51(32-16-12-2)41-27-29-43(45(35-41)53-9)47(37-19-23-39(24-20-37)49(5)6)55-48(38-21-25-40(26-22-38)50(7)8)44-30-28-42(36-46(44)54-10)52(33-17-13-3)34-18-14-4/h19-30,35-36,47-48H,11-18,31-34H2,1-10H3. The average molecular weight is 751 g/mol. The third kappa shape index (κ3) is 11.8. The molecule has 55 heavy (non-hydrogen) atoms. The van der Waals surface area contributed by atoms with Crippen molar-refractivity contribution < 1.29 is 14.2 Å². The van der Waals surface area contributed by atoms with E-state index >= 15 is 0 Å². The Kier molecular flexibility index (Phi) is 17.6. The smallest absolute Gasteiger partial charge is 0.127 e. The Morgan fingerprint density at radius 3 is 1.02 bits per heavy atom. The van der Waals surface area contributed by atoms with Crippen LogP contribution in [0.4, 0.5) is 22.7 Å². The second-order valence-electron chi connectivity index (χ2n) is 15.1. The Bertz CT molecular complexity index is 1550. The van der Waals surface area contributed by atoms with Gasteiger partial charge in [0.1, 0.15) is 23.7 Å². The summed E-state index contributed by atoms with van der Waals surface area (Å²) in [5.41, 5.74) is 8.74. The molecule has 300 valence electrons. The largest absolute Gasteiger partial charge is 0.496 e. The van der Waals surface area contributed by atoms with Crippen LogP contribution in [-0.4, -0.2) is 68.6 Å². The summed E-state index contributed by atoms with van der Waals surface area (Å²) in [7, 11) is 11.8. The third-order valence-corrected chi connectivity index (χ3v) is 10.6. The number of ether oxygens (including phenoxy) is 3. The van der Waals surface area contributed by atoms with E-state index in [2.05, 4.69) is 160 Å². The van der Waals surface area contributed by atoms with E-state index in [9.17, 15) is 0 Å². The zero-order chi connectivity index (χ0) is 39.7. The third-order valence-electron chi connectivity index (χ3n) is 10.6. The number of rotatable bonds is 24. The van der Waals surface area contributed by atoms with Crippen molar-refractivity contribution in [2.24, 2.45) is 0 Å². The number of hydrogen-bond donors (Lipinski definition) is 0. The number of unbranched alkanes of at least 4 members (excludes halogenated alkanes) is 4. The summed E-state index contributed by atoms with van der Waals surface area (Å²) < 4.78 is 20.0. The van der Waals surface area contributed by atoms with Crippen molar-refractivity contribution in [3.63, 3.8) is 0 Å². The summed E-state index contributed by atoms with van der Waals surface area (Å²) >= 11 is 0. The van der Waals surface area contributed by atoms with Gasteiger partial charge in [0, 0.05) is 100 Å². The Balaban J connectivity index is 1.90. The van der Waals surface area contributed by atoms with Gasteiger partial charge in [-0.25, -0.2) is 0 Å². The lowest BCUT2D eigenvalue weighted by atomic mass is 9.95. The minimum Gasteiger partial charge on any atom is -0.496 e. The average Bonchev–Trinajstić information content (AvgIpc) is 3.21. The zero-order valence-corrected chi connectivity index (χ0v) is 35.7. The van der Waals surface area contributed by atoms with Gasteiger partial charge in [-0.1, -0.05) is 89.8 Å². The topological polar surface area (TPSA) is 40.7 Å². The first-order valence-corrected chi connectivity index (χ1v) is 20.7. The van der Waals surface area contributed by atoms with E-state index in [1.165, 1.54) is 11.4 Å². The Morgan fingerprint density at radius 1 is 0.436 bits per heavy atom. The van der Waals surface area contributed by atoms with Gasteiger partial charge in [-0.2, -0.15) is 0 Å². The molecule has 0 spiro atoms. The van der Waals surface area contributed by atoms with Gasteiger partial charge in [-0.3, -0.25) is 0 Å². The molecule has 0 bridgehead atoms. The maximum atomic E-state index is 7.53. The monoisotopic (exact) mass is 751 g/mol. The highest BCUT2D eigenvalue weighted by atomic mass is 16.5. The number of nitrogens with zero attached hydrogens (tertiary/aromatic N) is 4. The minimum atomic E-state index is -0.437. The molecule has 0 saturated carbocycles. The summed E-state index contributed by atoms with van der Waals surface area (Å²) in [6, 6.07) is 30.8. The van der Waals surface area contributed by atoms with Crippen molar-refractivity contribution in [2.75, 3.05) is 88.2 Å². The molecule has 4 aromatic carbocycles. The summed E-state index contributed by atoms with van der Waals surface area (Å²) in [6.07, 6.45) is 8.39. The molecule has 0 aliphatic heterocycles. The van der Waals surface area contributed by atoms with Gasteiger partial charge in [0.15, 0.2) is 0 Å². The van der Waals surface area contributed by atoms with E-state index in [-0.39, 0.29) is 0 Å². The molecule has 0 saturated heterocycles. The van der Waals surface area contributed by atoms with Gasteiger partial charge in [-0.05, 0) is 73.2 Å².